The molecule has 0 unspecified atom stereocenters. The molecular formula is C18H19N3O3. The van der Waals surface area contributed by atoms with Crippen LogP contribution in [0.4, 0.5) is 0 Å². The fourth-order valence-electron chi connectivity index (χ4n) is 2.87. The summed E-state index contributed by atoms with van der Waals surface area (Å²) >= 11 is 0. The average molecular weight is 325 g/mol. The third-order valence-electron chi connectivity index (χ3n) is 4.15. The molecule has 1 aromatic carbocycles. The van der Waals surface area contributed by atoms with Gasteiger partial charge < -0.3 is 10.0 Å². The van der Waals surface area contributed by atoms with Crippen molar-refractivity contribution < 1.29 is 14.7 Å². The highest BCUT2D eigenvalue weighted by Gasteiger charge is 2.25. The van der Waals surface area contributed by atoms with Gasteiger partial charge in [0.2, 0.25) is 0 Å². The van der Waals surface area contributed by atoms with Gasteiger partial charge in [-0.2, -0.15) is 0 Å². The molecule has 0 aliphatic carbocycles. The highest BCUT2D eigenvalue weighted by atomic mass is 16.4. The summed E-state index contributed by atoms with van der Waals surface area (Å²) in [6, 6.07) is 13.3. The number of carbonyl (C=O) groups is 2. The number of hydrogen-bond acceptors (Lipinski definition) is 4. The summed E-state index contributed by atoms with van der Waals surface area (Å²) < 4.78 is 0. The first-order valence-electron chi connectivity index (χ1n) is 7.89. The Balaban J connectivity index is 1.62. The lowest BCUT2D eigenvalue weighted by Crippen LogP contribution is -2.48. The van der Waals surface area contributed by atoms with Gasteiger partial charge in [-0.3, -0.25) is 9.69 Å². The number of aromatic nitrogens is 1. The van der Waals surface area contributed by atoms with Crippen molar-refractivity contribution in [3.8, 4) is 0 Å². The van der Waals surface area contributed by atoms with Crippen molar-refractivity contribution in [3.63, 3.8) is 0 Å². The largest absolute Gasteiger partial charge is 0.476 e. The van der Waals surface area contributed by atoms with Crippen LogP contribution in [0.15, 0.2) is 48.7 Å². The summed E-state index contributed by atoms with van der Waals surface area (Å²) in [6.45, 7) is 3.56. The molecule has 1 aliphatic rings. The lowest BCUT2D eigenvalue weighted by atomic mass is 10.1. The van der Waals surface area contributed by atoms with E-state index in [1.165, 1.54) is 17.8 Å². The van der Waals surface area contributed by atoms with Crippen molar-refractivity contribution in [3.05, 3.63) is 65.5 Å². The molecule has 6 nitrogen and oxygen atoms in total. The van der Waals surface area contributed by atoms with Crippen LogP contribution in [-0.4, -0.2) is 57.9 Å². The first-order chi connectivity index (χ1) is 11.6. The van der Waals surface area contributed by atoms with Gasteiger partial charge in [0.15, 0.2) is 5.69 Å². The molecule has 2 heterocycles. The van der Waals surface area contributed by atoms with Crippen LogP contribution in [0.25, 0.3) is 0 Å². The number of hydrogen-bond donors (Lipinski definition) is 1. The molecule has 1 N–H and O–H groups in total. The van der Waals surface area contributed by atoms with E-state index in [9.17, 15) is 14.7 Å². The monoisotopic (exact) mass is 325 g/mol. The Bertz CT molecular complexity index is 725. The number of aromatic carboxylic acids is 1. The molecule has 24 heavy (non-hydrogen) atoms. The lowest BCUT2D eigenvalue weighted by Gasteiger charge is -2.34. The van der Waals surface area contributed by atoms with Gasteiger partial charge >= 0.3 is 5.97 Å². The second-order valence-electron chi connectivity index (χ2n) is 5.76. The Morgan fingerprint density at radius 3 is 2.38 bits per heavy atom. The van der Waals surface area contributed by atoms with Crippen LogP contribution in [0, 0.1) is 0 Å². The summed E-state index contributed by atoms with van der Waals surface area (Å²) in [5.74, 6) is -1.44. The molecule has 0 radical (unpaired) electrons. The molecule has 0 bridgehead atoms. The van der Waals surface area contributed by atoms with Gasteiger partial charge in [0, 0.05) is 38.9 Å². The topological polar surface area (TPSA) is 73.7 Å². The number of carboxylic acids is 1. The van der Waals surface area contributed by atoms with Gasteiger partial charge in [-0.15, -0.1) is 0 Å². The minimum absolute atomic E-state index is 0.154. The Kier molecular flexibility index (Phi) is 4.86. The van der Waals surface area contributed by atoms with Crippen molar-refractivity contribution in [1.82, 2.24) is 14.8 Å². The number of pyridine rings is 1. The minimum atomic E-state index is -1.18. The number of carbonyl (C=O) groups excluding carboxylic acids is 1. The zero-order chi connectivity index (χ0) is 16.9. The molecule has 0 saturated carbocycles. The average Bonchev–Trinajstić information content (AvgIpc) is 2.62. The van der Waals surface area contributed by atoms with E-state index < -0.39 is 5.97 Å². The molecule has 1 fully saturated rings. The number of carboxylic acid groups (broad SMARTS) is 1. The fourth-order valence-corrected chi connectivity index (χ4v) is 2.87. The molecule has 1 saturated heterocycles. The third-order valence-corrected chi connectivity index (χ3v) is 4.15. The summed E-state index contributed by atoms with van der Waals surface area (Å²) in [7, 11) is 0. The highest BCUT2D eigenvalue weighted by molar-refractivity contribution is 6.03. The SMILES string of the molecule is O=C(O)c1ncccc1C(=O)N1CCN(Cc2ccccc2)CC1. The molecule has 124 valence electrons. The van der Waals surface area contributed by atoms with Crippen LogP contribution < -0.4 is 0 Å². The third kappa shape index (κ3) is 3.60. The molecule has 0 atom stereocenters. The van der Waals surface area contributed by atoms with Gasteiger partial charge in [-0.1, -0.05) is 30.3 Å². The fraction of sp³-hybridized carbons (Fsp3) is 0.278. The molecule has 0 spiro atoms. The Labute approximate surface area is 140 Å². The molecule has 6 heteroatoms. The van der Waals surface area contributed by atoms with E-state index in [-0.39, 0.29) is 17.2 Å². The normalized spacial score (nSPS) is 15.2. The van der Waals surface area contributed by atoms with Gasteiger partial charge in [0.1, 0.15) is 0 Å². The Morgan fingerprint density at radius 1 is 1.00 bits per heavy atom. The molecule has 3 rings (SSSR count). The van der Waals surface area contributed by atoms with E-state index in [2.05, 4.69) is 22.0 Å². The van der Waals surface area contributed by atoms with Crippen molar-refractivity contribution in [2.24, 2.45) is 0 Å². The van der Waals surface area contributed by atoms with E-state index >= 15 is 0 Å². The molecule has 1 aromatic heterocycles. The number of nitrogens with zero attached hydrogens (tertiary/aromatic N) is 3. The van der Waals surface area contributed by atoms with Crippen LogP contribution >= 0.6 is 0 Å². The van der Waals surface area contributed by atoms with Gasteiger partial charge in [0.05, 0.1) is 5.56 Å². The number of amides is 1. The first-order valence-corrected chi connectivity index (χ1v) is 7.89. The van der Waals surface area contributed by atoms with Crippen LogP contribution in [-0.2, 0) is 6.54 Å². The van der Waals surface area contributed by atoms with Crippen LogP contribution in [0.5, 0.6) is 0 Å². The molecular weight excluding hydrogens is 306 g/mol. The molecule has 1 amide bonds. The Hall–Kier alpha value is -2.73. The maximum atomic E-state index is 12.6. The quantitative estimate of drug-likeness (QED) is 0.927. The predicted octanol–water partition coefficient (Wildman–Crippen LogP) is 1.74. The van der Waals surface area contributed by atoms with E-state index in [4.69, 9.17) is 0 Å². The summed E-state index contributed by atoms with van der Waals surface area (Å²) in [6.07, 6.45) is 1.39. The van der Waals surface area contributed by atoms with E-state index in [0.29, 0.717) is 13.1 Å². The van der Waals surface area contributed by atoms with Crippen LogP contribution in [0.3, 0.4) is 0 Å². The molecule has 1 aliphatic heterocycles. The maximum Gasteiger partial charge on any atom is 0.355 e. The zero-order valence-electron chi connectivity index (χ0n) is 13.3. The van der Waals surface area contributed by atoms with Crippen LogP contribution in [0.1, 0.15) is 26.4 Å². The number of piperazine rings is 1. The minimum Gasteiger partial charge on any atom is -0.476 e. The van der Waals surface area contributed by atoms with Crippen molar-refractivity contribution in [1.29, 1.82) is 0 Å². The maximum absolute atomic E-state index is 12.6. The van der Waals surface area contributed by atoms with Crippen molar-refractivity contribution in [2.75, 3.05) is 26.2 Å². The van der Waals surface area contributed by atoms with Crippen LogP contribution in [0.2, 0.25) is 0 Å². The first kappa shape index (κ1) is 16.1. The van der Waals surface area contributed by atoms with Crippen molar-refractivity contribution in [2.45, 2.75) is 6.54 Å². The predicted molar refractivity (Wildman–Crippen MR) is 88.8 cm³/mol. The second-order valence-corrected chi connectivity index (χ2v) is 5.76. The lowest BCUT2D eigenvalue weighted by molar-refractivity contribution is 0.0606. The van der Waals surface area contributed by atoms with E-state index in [0.717, 1.165) is 19.6 Å². The zero-order valence-corrected chi connectivity index (χ0v) is 13.3. The smallest absolute Gasteiger partial charge is 0.355 e. The summed E-state index contributed by atoms with van der Waals surface area (Å²) in [5.41, 5.74) is 1.22. The number of benzene rings is 1. The van der Waals surface area contributed by atoms with Gasteiger partial charge in [0.25, 0.3) is 5.91 Å². The Morgan fingerprint density at radius 2 is 1.71 bits per heavy atom. The van der Waals surface area contributed by atoms with E-state index in [1.807, 2.05) is 18.2 Å². The summed E-state index contributed by atoms with van der Waals surface area (Å²) in [4.78, 5) is 31.6. The standard InChI is InChI=1S/C18H19N3O3/c22-17(15-7-4-8-19-16(15)18(23)24)21-11-9-20(10-12-21)13-14-5-2-1-3-6-14/h1-8H,9-13H2,(H,23,24). The highest BCUT2D eigenvalue weighted by Crippen LogP contribution is 2.13. The van der Waals surface area contributed by atoms with Gasteiger partial charge in [-0.05, 0) is 17.7 Å². The van der Waals surface area contributed by atoms with E-state index in [1.54, 1.807) is 11.0 Å². The van der Waals surface area contributed by atoms with Crippen molar-refractivity contribution >= 4 is 11.9 Å². The second kappa shape index (κ2) is 7.23. The number of rotatable bonds is 4. The molecule has 2 aromatic rings. The summed E-state index contributed by atoms with van der Waals surface area (Å²) in [5, 5.41) is 9.18. The van der Waals surface area contributed by atoms with Gasteiger partial charge in [-0.25, -0.2) is 9.78 Å².